The molecule has 0 atom stereocenters. The minimum Gasteiger partial charge on any atom is -0.493 e. The molecule has 0 amide bonds. The van der Waals surface area contributed by atoms with E-state index in [1.54, 1.807) is 18.2 Å². The fourth-order valence-corrected chi connectivity index (χ4v) is 3.30. The number of rotatable bonds is 5. The molecule has 0 fully saturated rings. The van der Waals surface area contributed by atoms with Crippen molar-refractivity contribution in [1.29, 1.82) is 0 Å². The maximum atomic E-state index is 10.3. The van der Waals surface area contributed by atoms with Crippen molar-refractivity contribution in [2.75, 3.05) is 21.3 Å². The number of nitrogens with zero attached hydrogens (tertiary/aromatic N) is 2. The fourth-order valence-electron chi connectivity index (χ4n) is 3.30. The molecule has 29 heavy (non-hydrogen) atoms. The van der Waals surface area contributed by atoms with Crippen LogP contribution in [0.15, 0.2) is 45.8 Å². The van der Waals surface area contributed by atoms with Gasteiger partial charge in [-0.3, -0.25) is 4.99 Å². The maximum Gasteiger partial charge on any atom is 0.310 e. The van der Waals surface area contributed by atoms with Crippen molar-refractivity contribution in [3.63, 3.8) is 0 Å². The highest BCUT2D eigenvalue weighted by Crippen LogP contribution is 2.42. The summed E-state index contributed by atoms with van der Waals surface area (Å²) in [6.07, 6.45) is 1.77. The third-order valence-electron chi connectivity index (χ3n) is 4.70. The molecule has 148 valence electrons. The number of aromatic nitrogens is 1. The van der Waals surface area contributed by atoms with Crippen LogP contribution in [-0.4, -0.2) is 37.1 Å². The molecule has 2 aromatic carbocycles. The van der Waals surface area contributed by atoms with E-state index in [0.29, 0.717) is 28.5 Å². The van der Waals surface area contributed by atoms with Gasteiger partial charge in [-0.05, 0) is 31.2 Å². The Kier molecular flexibility index (Phi) is 4.72. The van der Waals surface area contributed by atoms with E-state index in [-0.39, 0.29) is 11.8 Å². The molecule has 7 nitrogen and oxygen atoms in total. The maximum absolute atomic E-state index is 10.3. The molecule has 1 aliphatic heterocycles. The van der Waals surface area contributed by atoms with Gasteiger partial charge in [0.25, 0.3) is 0 Å². The van der Waals surface area contributed by atoms with Gasteiger partial charge in [0.1, 0.15) is 5.69 Å². The van der Waals surface area contributed by atoms with E-state index in [2.05, 4.69) is 9.98 Å². The van der Waals surface area contributed by atoms with Gasteiger partial charge in [0, 0.05) is 22.4 Å². The third-order valence-corrected chi connectivity index (χ3v) is 4.70. The van der Waals surface area contributed by atoms with E-state index in [9.17, 15) is 5.11 Å². The smallest absolute Gasteiger partial charge is 0.310 e. The summed E-state index contributed by atoms with van der Waals surface area (Å²) < 4.78 is 21.6. The fraction of sp³-hybridized carbons (Fsp3) is 0.182. The Morgan fingerprint density at radius 2 is 1.69 bits per heavy atom. The minimum absolute atomic E-state index is 0.231. The first-order chi connectivity index (χ1) is 14.0. The molecule has 0 saturated carbocycles. The Balaban J connectivity index is 1.78. The number of aromatic hydroxyl groups is 1. The molecule has 1 N–H and O–H groups in total. The van der Waals surface area contributed by atoms with Crippen LogP contribution in [0.3, 0.4) is 0 Å². The van der Waals surface area contributed by atoms with Crippen LogP contribution in [0.25, 0.3) is 23.1 Å². The van der Waals surface area contributed by atoms with Crippen molar-refractivity contribution < 1.29 is 23.7 Å². The number of oxazole rings is 1. The highest BCUT2D eigenvalue weighted by molar-refractivity contribution is 6.31. The number of aliphatic imine (C=N–C) groups is 1. The second-order valence-corrected chi connectivity index (χ2v) is 6.40. The molecule has 3 aromatic rings. The lowest BCUT2D eigenvalue weighted by Crippen LogP contribution is -1.95. The summed E-state index contributed by atoms with van der Waals surface area (Å²) in [6, 6.07) is 11.2. The summed E-state index contributed by atoms with van der Waals surface area (Å²) in [7, 11) is 4.60. The van der Waals surface area contributed by atoms with Crippen LogP contribution in [0, 0.1) is 0 Å². The molecule has 2 heterocycles. The summed E-state index contributed by atoms with van der Waals surface area (Å²) in [5.41, 5.74) is 4.51. The zero-order chi connectivity index (χ0) is 20.5. The molecular formula is C22H20N2O5. The van der Waals surface area contributed by atoms with E-state index in [4.69, 9.17) is 18.6 Å². The predicted molar refractivity (Wildman–Crippen MR) is 110 cm³/mol. The van der Waals surface area contributed by atoms with Crippen LogP contribution in [0.5, 0.6) is 23.2 Å². The van der Waals surface area contributed by atoms with Gasteiger partial charge in [-0.25, -0.2) is 4.98 Å². The van der Waals surface area contributed by atoms with Gasteiger partial charge in [-0.15, -0.1) is 0 Å². The standard InChI is InChI=1S/C22H20N2O5/c1-12-15(14-7-5-6-8-16(14)23-12)11-17-22(25)29-21(24-17)13-9-18(26-2)20(28-4)19(10-13)27-3/h5-11,25H,1-4H3/b15-11-. The molecule has 0 aliphatic carbocycles. The number of allylic oxidation sites excluding steroid dienone is 1. The van der Waals surface area contributed by atoms with Gasteiger partial charge >= 0.3 is 5.95 Å². The van der Waals surface area contributed by atoms with Gasteiger partial charge in [-0.2, -0.15) is 0 Å². The molecule has 0 saturated heterocycles. The van der Waals surface area contributed by atoms with Gasteiger partial charge in [-0.1, -0.05) is 18.2 Å². The number of hydrogen-bond donors (Lipinski definition) is 1. The summed E-state index contributed by atoms with van der Waals surface area (Å²) in [4.78, 5) is 9.01. The Bertz CT molecular complexity index is 1120. The Labute approximate surface area is 167 Å². The van der Waals surface area contributed by atoms with E-state index < -0.39 is 0 Å². The van der Waals surface area contributed by atoms with E-state index in [0.717, 1.165) is 22.5 Å². The first kappa shape index (κ1) is 18.6. The zero-order valence-corrected chi connectivity index (χ0v) is 16.5. The molecule has 7 heteroatoms. The minimum atomic E-state index is -0.279. The molecule has 0 bridgehead atoms. The van der Waals surface area contributed by atoms with Crippen molar-refractivity contribution in [2.24, 2.45) is 4.99 Å². The van der Waals surface area contributed by atoms with Gasteiger partial charge in [0.15, 0.2) is 11.5 Å². The highest BCUT2D eigenvalue weighted by atomic mass is 16.5. The second kappa shape index (κ2) is 7.35. The topological polar surface area (TPSA) is 86.3 Å². The Hall–Kier alpha value is -3.74. The summed E-state index contributed by atoms with van der Waals surface area (Å²) in [5, 5.41) is 10.3. The summed E-state index contributed by atoms with van der Waals surface area (Å²) >= 11 is 0. The molecule has 0 radical (unpaired) electrons. The molecule has 0 spiro atoms. The lowest BCUT2D eigenvalue weighted by atomic mass is 10.0. The molecule has 0 unspecified atom stereocenters. The third kappa shape index (κ3) is 3.20. The molecule has 1 aromatic heterocycles. The van der Waals surface area contributed by atoms with Gasteiger partial charge in [0.2, 0.25) is 11.6 Å². The average Bonchev–Trinajstić information content (AvgIpc) is 3.26. The van der Waals surface area contributed by atoms with Crippen LogP contribution in [0.4, 0.5) is 5.69 Å². The predicted octanol–water partition coefficient (Wildman–Crippen LogP) is 4.72. The van der Waals surface area contributed by atoms with Crippen molar-refractivity contribution in [2.45, 2.75) is 6.92 Å². The quantitative estimate of drug-likeness (QED) is 0.676. The first-order valence-corrected chi connectivity index (χ1v) is 8.92. The summed E-state index contributed by atoms with van der Waals surface area (Å²) in [5.74, 6) is 1.35. The van der Waals surface area contributed by atoms with Crippen molar-refractivity contribution in [3.8, 4) is 34.6 Å². The van der Waals surface area contributed by atoms with Crippen LogP contribution >= 0.6 is 0 Å². The Morgan fingerprint density at radius 3 is 2.34 bits per heavy atom. The normalized spacial score (nSPS) is 13.9. The van der Waals surface area contributed by atoms with E-state index in [1.165, 1.54) is 21.3 Å². The zero-order valence-electron chi connectivity index (χ0n) is 16.5. The molecule has 4 rings (SSSR count). The van der Waals surface area contributed by atoms with Crippen molar-refractivity contribution >= 4 is 23.0 Å². The van der Waals surface area contributed by atoms with Gasteiger partial charge < -0.3 is 23.7 Å². The number of fused-ring (bicyclic) bond motifs is 1. The van der Waals surface area contributed by atoms with Gasteiger partial charge in [0.05, 0.1) is 27.0 Å². The van der Waals surface area contributed by atoms with Crippen LogP contribution in [0.2, 0.25) is 0 Å². The van der Waals surface area contributed by atoms with E-state index in [1.807, 2.05) is 31.2 Å². The second-order valence-electron chi connectivity index (χ2n) is 6.40. The number of para-hydroxylation sites is 1. The lowest BCUT2D eigenvalue weighted by molar-refractivity contribution is 0.323. The Morgan fingerprint density at radius 1 is 1.00 bits per heavy atom. The number of methoxy groups -OCH3 is 3. The molecule has 1 aliphatic rings. The highest BCUT2D eigenvalue weighted by Gasteiger charge is 2.21. The monoisotopic (exact) mass is 392 g/mol. The van der Waals surface area contributed by atoms with E-state index >= 15 is 0 Å². The van der Waals surface area contributed by atoms with Crippen LogP contribution in [0.1, 0.15) is 18.2 Å². The SMILES string of the molecule is COc1cc(-c2nc(/C=C3/C(C)=Nc4ccccc43)c(O)o2)cc(OC)c1OC. The number of hydrogen-bond acceptors (Lipinski definition) is 7. The van der Waals surface area contributed by atoms with Crippen LogP contribution < -0.4 is 14.2 Å². The lowest BCUT2D eigenvalue weighted by Gasteiger charge is -2.12. The molecular weight excluding hydrogens is 372 g/mol. The summed E-state index contributed by atoms with van der Waals surface area (Å²) in [6.45, 7) is 1.92. The number of ether oxygens (including phenoxy) is 3. The first-order valence-electron chi connectivity index (χ1n) is 8.92. The van der Waals surface area contributed by atoms with Crippen LogP contribution in [-0.2, 0) is 0 Å². The number of benzene rings is 2. The van der Waals surface area contributed by atoms with Crippen molar-refractivity contribution in [1.82, 2.24) is 4.98 Å². The average molecular weight is 392 g/mol. The largest absolute Gasteiger partial charge is 0.493 e. The van der Waals surface area contributed by atoms with Crippen molar-refractivity contribution in [3.05, 3.63) is 47.7 Å².